The summed E-state index contributed by atoms with van der Waals surface area (Å²) >= 11 is -2.11. The largest absolute Gasteiger partial charge is 0.495 e. The first-order valence-electron chi connectivity index (χ1n) is 5.42. The van der Waals surface area contributed by atoms with Crippen molar-refractivity contribution in [2.45, 2.75) is 30.6 Å². The third kappa shape index (κ3) is 2.05. The lowest BCUT2D eigenvalue weighted by atomic mass is 9.80. The molecular weight excluding hydrogens is 240 g/mol. The minimum atomic E-state index is -2.11. The molecule has 1 aliphatic heterocycles. The lowest BCUT2D eigenvalue weighted by Crippen LogP contribution is -2.27. The summed E-state index contributed by atoms with van der Waals surface area (Å²) < 4.78 is 31.5. The van der Waals surface area contributed by atoms with Crippen LogP contribution in [-0.4, -0.2) is 22.5 Å². The summed E-state index contributed by atoms with van der Waals surface area (Å²) in [5.74, 6) is 0.892. The Morgan fingerprint density at radius 2 is 2.18 bits per heavy atom. The fraction of sp³-hybridized carbons (Fsp3) is 0.500. The molecule has 0 spiro atoms. The first-order valence-corrected chi connectivity index (χ1v) is 6.53. The van der Waals surface area contributed by atoms with Crippen LogP contribution in [0.5, 0.6) is 11.5 Å². The van der Waals surface area contributed by atoms with E-state index in [9.17, 15) is 8.76 Å². The van der Waals surface area contributed by atoms with Crippen LogP contribution in [0.15, 0.2) is 17.0 Å². The maximum absolute atomic E-state index is 11.4. The third-order valence-electron chi connectivity index (χ3n) is 3.17. The number of rotatable bonds is 2. The topological polar surface area (TPSA) is 55.8 Å². The van der Waals surface area contributed by atoms with E-state index in [4.69, 9.17) is 9.47 Å². The molecule has 0 amide bonds. The number of fused-ring (bicyclic) bond motifs is 1. The maximum atomic E-state index is 11.4. The van der Waals surface area contributed by atoms with Crippen LogP contribution in [0.2, 0.25) is 0 Å². The molecule has 1 unspecified atom stereocenters. The Kier molecular flexibility index (Phi) is 3.14. The van der Waals surface area contributed by atoms with Gasteiger partial charge >= 0.3 is 0 Å². The van der Waals surface area contributed by atoms with Gasteiger partial charge in [-0.1, -0.05) is 19.9 Å². The molecule has 1 N–H and O–H groups in total. The molecule has 0 saturated carbocycles. The van der Waals surface area contributed by atoms with Crippen molar-refractivity contribution in [3.8, 4) is 11.5 Å². The molecule has 2 rings (SSSR count). The van der Waals surface area contributed by atoms with Gasteiger partial charge in [-0.3, -0.25) is 0 Å². The van der Waals surface area contributed by atoms with Gasteiger partial charge in [-0.25, -0.2) is 4.21 Å². The minimum Gasteiger partial charge on any atom is -0.495 e. The summed E-state index contributed by atoms with van der Waals surface area (Å²) in [6, 6.07) is 3.63. The molecule has 4 nitrogen and oxygen atoms in total. The second kappa shape index (κ2) is 4.31. The molecule has 0 aromatic heterocycles. The van der Waals surface area contributed by atoms with Gasteiger partial charge < -0.3 is 14.0 Å². The number of ether oxygens (including phenoxy) is 2. The first-order chi connectivity index (χ1) is 7.97. The van der Waals surface area contributed by atoms with Crippen LogP contribution in [0, 0.1) is 0 Å². The van der Waals surface area contributed by atoms with Gasteiger partial charge in [0.15, 0.2) is 16.0 Å². The zero-order valence-electron chi connectivity index (χ0n) is 10.1. The van der Waals surface area contributed by atoms with E-state index in [1.165, 1.54) is 7.11 Å². The standard InChI is InChI=1S/C12H16O4S/c1-12(2)6-7-16-10-8(12)4-5-9(15-3)11(10)17(13)14/h4-5H,6-7H2,1-3H3,(H,13,14). The van der Waals surface area contributed by atoms with Crippen LogP contribution >= 0.6 is 0 Å². The summed E-state index contributed by atoms with van der Waals surface area (Å²) in [5, 5.41) is 0. The predicted molar refractivity (Wildman–Crippen MR) is 65.2 cm³/mol. The number of hydrogen-bond acceptors (Lipinski definition) is 3. The molecule has 5 heteroatoms. The minimum absolute atomic E-state index is 0.0476. The lowest BCUT2D eigenvalue weighted by molar-refractivity contribution is 0.225. The van der Waals surface area contributed by atoms with Gasteiger partial charge in [-0.05, 0) is 17.9 Å². The molecule has 0 radical (unpaired) electrons. The van der Waals surface area contributed by atoms with Crippen molar-refractivity contribution in [2.75, 3.05) is 13.7 Å². The molecule has 0 aliphatic carbocycles. The lowest BCUT2D eigenvalue weighted by Gasteiger charge is -2.33. The highest BCUT2D eigenvalue weighted by molar-refractivity contribution is 7.79. The Morgan fingerprint density at radius 1 is 1.47 bits per heavy atom. The Bertz CT molecular complexity index is 468. The monoisotopic (exact) mass is 256 g/mol. The van der Waals surface area contributed by atoms with Gasteiger partial charge in [-0.2, -0.15) is 0 Å². The van der Waals surface area contributed by atoms with E-state index in [0.717, 1.165) is 12.0 Å². The fourth-order valence-corrected chi connectivity index (χ4v) is 2.74. The van der Waals surface area contributed by atoms with Crippen LogP contribution in [0.1, 0.15) is 25.8 Å². The molecule has 94 valence electrons. The molecule has 0 fully saturated rings. The molecular formula is C12H16O4S. The molecule has 1 aromatic carbocycles. The fourth-order valence-electron chi connectivity index (χ4n) is 2.09. The average molecular weight is 256 g/mol. The second-order valence-corrected chi connectivity index (χ2v) is 5.61. The quantitative estimate of drug-likeness (QED) is 0.825. The Balaban J connectivity index is 2.68. The van der Waals surface area contributed by atoms with Gasteiger partial charge in [0.25, 0.3) is 0 Å². The van der Waals surface area contributed by atoms with Crippen molar-refractivity contribution in [3.63, 3.8) is 0 Å². The Morgan fingerprint density at radius 3 is 2.76 bits per heavy atom. The first kappa shape index (κ1) is 12.4. The SMILES string of the molecule is COc1ccc2c(c1S(=O)O)OCCC2(C)C. The van der Waals surface area contributed by atoms with Crippen molar-refractivity contribution in [1.29, 1.82) is 0 Å². The smallest absolute Gasteiger partial charge is 0.194 e. The Labute approximate surface area is 103 Å². The second-order valence-electron chi connectivity index (χ2n) is 4.71. The van der Waals surface area contributed by atoms with Gasteiger partial charge in [0.2, 0.25) is 0 Å². The van der Waals surface area contributed by atoms with Crippen molar-refractivity contribution in [1.82, 2.24) is 0 Å². The predicted octanol–water partition coefficient (Wildman–Crippen LogP) is 2.34. The van der Waals surface area contributed by atoms with Crippen LogP contribution in [0.4, 0.5) is 0 Å². The van der Waals surface area contributed by atoms with Crippen molar-refractivity contribution in [2.24, 2.45) is 0 Å². The molecule has 1 heterocycles. The van der Waals surface area contributed by atoms with E-state index < -0.39 is 11.1 Å². The Hall–Kier alpha value is -1.07. The summed E-state index contributed by atoms with van der Waals surface area (Å²) in [7, 11) is 1.48. The highest BCUT2D eigenvalue weighted by atomic mass is 32.2. The normalized spacial score (nSPS) is 19.1. The van der Waals surface area contributed by atoms with Gasteiger partial charge in [-0.15, -0.1) is 0 Å². The van der Waals surface area contributed by atoms with Gasteiger partial charge in [0.1, 0.15) is 11.5 Å². The van der Waals surface area contributed by atoms with E-state index in [1.807, 2.05) is 6.07 Å². The molecule has 1 aromatic rings. The summed E-state index contributed by atoms with van der Waals surface area (Å²) in [5.41, 5.74) is 0.912. The average Bonchev–Trinajstić information content (AvgIpc) is 2.26. The maximum Gasteiger partial charge on any atom is 0.194 e. The molecule has 0 bridgehead atoms. The van der Waals surface area contributed by atoms with Crippen molar-refractivity contribution >= 4 is 11.1 Å². The van der Waals surface area contributed by atoms with Crippen molar-refractivity contribution < 1.29 is 18.2 Å². The highest BCUT2D eigenvalue weighted by Gasteiger charge is 2.33. The third-order valence-corrected chi connectivity index (χ3v) is 3.91. The summed E-state index contributed by atoms with van der Waals surface area (Å²) in [4.78, 5) is 0.234. The van der Waals surface area contributed by atoms with Crippen LogP contribution in [0.3, 0.4) is 0 Å². The van der Waals surface area contributed by atoms with Gasteiger partial charge in [0.05, 0.1) is 13.7 Å². The molecule has 1 atom stereocenters. The van der Waals surface area contributed by atoms with E-state index in [-0.39, 0.29) is 10.3 Å². The number of methoxy groups -OCH3 is 1. The van der Waals surface area contributed by atoms with E-state index in [1.54, 1.807) is 6.07 Å². The summed E-state index contributed by atoms with van der Waals surface area (Å²) in [6.45, 7) is 4.76. The van der Waals surface area contributed by atoms with Crippen LogP contribution < -0.4 is 9.47 Å². The zero-order chi connectivity index (χ0) is 12.6. The van der Waals surface area contributed by atoms with Gasteiger partial charge in [0, 0.05) is 5.56 Å². The number of hydrogen-bond donors (Lipinski definition) is 1. The van der Waals surface area contributed by atoms with Crippen LogP contribution in [0.25, 0.3) is 0 Å². The van der Waals surface area contributed by atoms with E-state index >= 15 is 0 Å². The number of benzene rings is 1. The molecule has 17 heavy (non-hydrogen) atoms. The van der Waals surface area contributed by atoms with E-state index in [2.05, 4.69) is 13.8 Å². The van der Waals surface area contributed by atoms with E-state index in [0.29, 0.717) is 18.1 Å². The molecule has 1 aliphatic rings. The highest BCUT2D eigenvalue weighted by Crippen LogP contribution is 2.44. The van der Waals surface area contributed by atoms with Crippen molar-refractivity contribution in [3.05, 3.63) is 17.7 Å². The summed E-state index contributed by atoms with van der Waals surface area (Å²) in [6.07, 6.45) is 0.893. The zero-order valence-corrected chi connectivity index (χ0v) is 11.0. The van der Waals surface area contributed by atoms with Crippen LogP contribution in [-0.2, 0) is 16.5 Å². The molecule has 0 saturated heterocycles.